The van der Waals surface area contributed by atoms with E-state index in [0.29, 0.717) is 36.2 Å². The van der Waals surface area contributed by atoms with E-state index in [1.807, 2.05) is 0 Å². The van der Waals surface area contributed by atoms with Crippen molar-refractivity contribution in [3.8, 4) is 0 Å². The van der Waals surface area contributed by atoms with Gasteiger partial charge in [-0.1, -0.05) is 24.3 Å². The zero-order valence-corrected chi connectivity index (χ0v) is 17.8. The average Bonchev–Trinajstić information content (AvgIpc) is 2.67. The summed E-state index contributed by atoms with van der Waals surface area (Å²) in [6, 6.07) is 12.4. The molecule has 0 spiro atoms. The number of carbonyl (C=O) groups excluding carboxylic acids is 1. The van der Waals surface area contributed by atoms with Crippen LogP contribution in [0.2, 0.25) is 0 Å². The van der Waals surface area contributed by atoms with E-state index in [4.69, 9.17) is 4.74 Å². The second kappa shape index (κ2) is 9.62. The minimum Gasteiger partial charge on any atom is -0.393 e. The first-order valence-electron chi connectivity index (χ1n) is 8.85. The number of aldehydes is 1. The highest BCUT2D eigenvalue weighted by atomic mass is 32.2. The maximum absolute atomic E-state index is 11.3. The summed E-state index contributed by atoms with van der Waals surface area (Å²) >= 11 is 0. The molecule has 1 aliphatic heterocycles. The van der Waals surface area contributed by atoms with Crippen LogP contribution in [0.25, 0.3) is 0 Å². The number of rotatable bonds is 4. The molecule has 0 amide bonds. The number of benzene rings is 2. The average molecular weight is 441 g/mol. The molecular formula is C20H24O7S2. The van der Waals surface area contributed by atoms with E-state index in [2.05, 4.69) is 0 Å². The Labute approximate surface area is 171 Å². The molecule has 1 aliphatic rings. The normalized spacial score (nSPS) is 19.7. The van der Waals surface area contributed by atoms with Gasteiger partial charge in [0.1, 0.15) is 6.29 Å². The minimum atomic E-state index is -3.15. The minimum absolute atomic E-state index is 0.132. The summed E-state index contributed by atoms with van der Waals surface area (Å²) in [4.78, 5) is 10.8. The van der Waals surface area contributed by atoms with Gasteiger partial charge in [0.2, 0.25) is 0 Å². The predicted molar refractivity (Wildman–Crippen MR) is 108 cm³/mol. The van der Waals surface area contributed by atoms with Gasteiger partial charge in [0.25, 0.3) is 0 Å². The molecule has 2 unspecified atom stereocenters. The molecule has 2 atom stereocenters. The number of hydrogen-bond acceptors (Lipinski definition) is 7. The molecule has 2 aromatic rings. The fourth-order valence-electron chi connectivity index (χ4n) is 2.73. The predicted octanol–water partition coefficient (Wildman–Crippen LogP) is 2.21. The van der Waals surface area contributed by atoms with Crippen LogP contribution in [0.4, 0.5) is 0 Å². The molecule has 0 radical (unpaired) electrons. The monoisotopic (exact) mass is 440 g/mol. The first-order chi connectivity index (χ1) is 13.5. The third-order valence-corrected chi connectivity index (χ3v) is 6.64. The van der Waals surface area contributed by atoms with Gasteiger partial charge in [0.05, 0.1) is 22.0 Å². The molecule has 2 aromatic carbocycles. The third kappa shape index (κ3) is 7.04. The summed E-state index contributed by atoms with van der Waals surface area (Å²) in [6.45, 7) is 0.541. The van der Waals surface area contributed by atoms with Crippen LogP contribution >= 0.6 is 0 Å². The Morgan fingerprint density at radius 2 is 1.38 bits per heavy atom. The van der Waals surface area contributed by atoms with Crippen LogP contribution in [0.1, 0.15) is 34.9 Å². The maximum Gasteiger partial charge on any atom is 0.175 e. The summed E-state index contributed by atoms with van der Waals surface area (Å²) in [7, 11) is -6.30. The highest BCUT2D eigenvalue weighted by Gasteiger charge is 2.22. The standard InChI is InChI=1S/C12H16O4S.C8H8O3S/c1-17(14,15)11-4-2-9(3-5-11)12-8-10(13)6-7-16-12;1-12(10,11)8-4-2-7(6-9)3-5-8/h2-5,10,12-13H,6-8H2,1H3;2-6H,1H3. The lowest BCUT2D eigenvalue weighted by Crippen LogP contribution is -2.23. The van der Waals surface area contributed by atoms with Crippen LogP contribution < -0.4 is 0 Å². The molecule has 9 heteroatoms. The fraction of sp³-hybridized carbons (Fsp3) is 0.350. The Kier molecular flexibility index (Phi) is 7.70. The smallest absolute Gasteiger partial charge is 0.175 e. The molecule has 29 heavy (non-hydrogen) atoms. The van der Waals surface area contributed by atoms with Crippen LogP contribution in [0.5, 0.6) is 0 Å². The SMILES string of the molecule is CS(=O)(=O)c1ccc(C2CC(O)CCO2)cc1.CS(=O)(=O)c1ccc(C=O)cc1. The molecule has 1 heterocycles. The molecule has 0 aromatic heterocycles. The molecule has 0 aliphatic carbocycles. The Morgan fingerprint density at radius 3 is 1.79 bits per heavy atom. The van der Waals surface area contributed by atoms with Crippen molar-refractivity contribution >= 4 is 26.0 Å². The lowest BCUT2D eigenvalue weighted by atomic mass is 10.00. The quantitative estimate of drug-likeness (QED) is 0.725. The number of sulfone groups is 2. The van der Waals surface area contributed by atoms with Gasteiger partial charge in [0, 0.05) is 31.1 Å². The van der Waals surface area contributed by atoms with Crippen molar-refractivity contribution in [1.29, 1.82) is 0 Å². The number of ether oxygens (including phenoxy) is 1. The fourth-order valence-corrected chi connectivity index (χ4v) is 4.00. The zero-order chi connectivity index (χ0) is 21.7. The number of carbonyl (C=O) groups is 1. The molecule has 1 N–H and O–H groups in total. The van der Waals surface area contributed by atoms with E-state index in [1.165, 1.54) is 30.5 Å². The maximum atomic E-state index is 11.3. The first-order valence-corrected chi connectivity index (χ1v) is 12.6. The second-order valence-electron chi connectivity index (χ2n) is 6.84. The summed E-state index contributed by atoms with van der Waals surface area (Å²) < 4.78 is 50.0. The topological polar surface area (TPSA) is 115 Å². The van der Waals surface area contributed by atoms with Gasteiger partial charge < -0.3 is 9.84 Å². The highest BCUT2D eigenvalue weighted by molar-refractivity contribution is 7.91. The Bertz CT molecular complexity index is 1030. The van der Waals surface area contributed by atoms with Gasteiger partial charge in [-0.25, -0.2) is 16.8 Å². The van der Waals surface area contributed by atoms with Crippen molar-refractivity contribution < 1.29 is 31.5 Å². The third-order valence-electron chi connectivity index (χ3n) is 4.38. The largest absolute Gasteiger partial charge is 0.393 e. The van der Waals surface area contributed by atoms with Crippen molar-refractivity contribution in [2.75, 3.05) is 19.1 Å². The van der Waals surface area contributed by atoms with Gasteiger partial charge in [-0.15, -0.1) is 0 Å². The molecule has 3 rings (SSSR count). The van der Waals surface area contributed by atoms with E-state index in [-0.39, 0.29) is 17.1 Å². The zero-order valence-electron chi connectivity index (χ0n) is 16.2. The molecule has 7 nitrogen and oxygen atoms in total. The van der Waals surface area contributed by atoms with E-state index in [9.17, 15) is 26.7 Å². The van der Waals surface area contributed by atoms with Gasteiger partial charge >= 0.3 is 0 Å². The molecule has 0 bridgehead atoms. The molecule has 1 saturated heterocycles. The van der Waals surface area contributed by atoms with E-state index in [0.717, 1.165) is 11.8 Å². The number of aliphatic hydroxyl groups excluding tert-OH is 1. The highest BCUT2D eigenvalue weighted by Crippen LogP contribution is 2.28. The van der Waals surface area contributed by atoms with E-state index < -0.39 is 19.7 Å². The molecule has 1 fully saturated rings. The number of aliphatic hydroxyl groups is 1. The first kappa shape index (κ1) is 23.2. The lowest BCUT2D eigenvalue weighted by molar-refractivity contribution is -0.0448. The molecule has 158 valence electrons. The van der Waals surface area contributed by atoms with E-state index in [1.54, 1.807) is 24.3 Å². The van der Waals surface area contributed by atoms with Gasteiger partial charge in [0.15, 0.2) is 19.7 Å². The van der Waals surface area contributed by atoms with E-state index >= 15 is 0 Å². The van der Waals surface area contributed by atoms with Crippen molar-refractivity contribution in [3.05, 3.63) is 59.7 Å². The van der Waals surface area contributed by atoms with Gasteiger partial charge in [-0.3, -0.25) is 4.79 Å². The second-order valence-corrected chi connectivity index (χ2v) is 10.9. The Hall–Kier alpha value is -2.07. The summed E-state index contributed by atoms with van der Waals surface area (Å²) in [5.41, 5.74) is 1.39. The van der Waals surface area contributed by atoms with Crippen LogP contribution in [0.3, 0.4) is 0 Å². The Morgan fingerprint density at radius 1 is 0.897 bits per heavy atom. The van der Waals surface area contributed by atoms with Crippen molar-refractivity contribution in [2.24, 2.45) is 0 Å². The summed E-state index contributed by atoms with van der Waals surface area (Å²) in [5.74, 6) is 0. The number of hydrogen-bond donors (Lipinski definition) is 1. The molecule has 0 saturated carbocycles. The van der Waals surface area contributed by atoms with Crippen LogP contribution in [-0.2, 0) is 24.4 Å². The van der Waals surface area contributed by atoms with Gasteiger partial charge in [-0.2, -0.15) is 0 Å². The summed E-state index contributed by atoms with van der Waals surface area (Å²) in [5, 5.41) is 9.55. The van der Waals surface area contributed by atoms with Crippen molar-refractivity contribution in [2.45, 2.75) is 34.8 Å². The van der Waals surface area contributed by atoms with Crippen molar-refractivity contribution in [3.63, 3.8) is 0 Å². The van der Waals surface area contributed by atoms with Crippen LogP contribution in [0.15, 0.2) is 58.3 Å². The Balaban J connectivity index is 0.000000221. The molecular weight excluding hydrogens is 416 g/mol. The summed E-state index contributed by atoms with van der Waals surface area (Å²) in [6.07, 6.45) is 3.75. The van der Waals surface area contributed by atoms with Crippen LogP contribution in [0, 0.1) is 0 Å². The van der Waals surface area contributed by atoms with Crippen molar-refractivity contribution in [1.82, 2.24) is 0 Å². The van der Waals surface area contributed by atoms with Gasteiger partial charge in [-0.05, 0) is 36.2 Å². The van der Waals surface area contributed by atoms with Crippen LogP contribution in [-0.4, -0.2) is 53.5 Å². The lowest BCUT2D eigenvalue weighted by Gasteiger charge is -2.26.